The van der Waals surface area contributed by atoms with Crippen molar-refractivity contribution in [2.75, 3.05) is 13.1 Å². The molecule has 1 saturated heterocycles. The largest absolute Gasteiger partial charge is 0.366 e. The third kappa shape index (κ3) is 3.50. The Bertz CT molecular complexity index is 413. The number of nitrogens with one attached hydrogen (secondary N) is 1. The van der Waals surface area contributed by atoms with Gasteiger partial charge in [0, 0.05) is 24.5 Å². The van der Waals surface area contributed by atoms with Crippen molar-refractivity contribution in [2.24, 2.45) is 0 Å². The lowest BCUT2D eigenvalue weighted by Gasteiger charge is -2.47. The molecule has 0 radical (unpaired) electrons. The third-order valence-corrected chi connectivity index (χ3v) is 4.44. The van der Waals surface area contributed by atoms with E-state index in [9.17, 15) is 0 Å². The van der Waals surface area contributed by atoms with Crippen LogP contribution in [0.5, 0.6) is 0 Å². The summed E-state index contributed by atoms with van der Waals surface area (Å²) in [5.41, 5.74) is 1.12. The molecule has 1 aromatic carbocycles. The number of hydrogen-bond acceptors (Lipinski definition) is 2. The van der Waals surface area contributed by atoms with E-state index >= 15 is 0 Å². The first-order valence-corrected chi connectivity index (χ1v) is 7.54. The smallest absolute Gasteiger partial charge is 0.0826 e. The summed E-state index contributed by atoms with van der Waals surface area (Å²) in [4.78, 5) is 0. The monoisotopic (exact) mass is 281 g/mol. The normalized spacial score (nSPS) is 26.3. The van der Waals surface area contributed by atoms with Gasteiger partial charge in [0.15, 0.2) is 0 Å². The molecule has 3 heteroatoms. The quantitative estimate of drug-likeness (QED) is 0.906. The van der Waals surface area contributed by atoms with E-state index in [1.807, 2.05) is 12.1 Å². The molecule has 1 fully saturated rings. The van der Waals surface area contributed by atoms with E-state index in [1.54, 1.807) is 0 Å². The average molecular weight is 282 g/mol. The summed E-state index contributed by atoms with van der Waals surface area (Å²) in [6.07, 6.45) is 3.01. The van der Waals surface area contributed by atoms with Crippen LogP contribution in [0.1, 0.15) is 39.2 Å². The van der Waals surface area contributed by atoms with Crippen LogP contribution in [0.3, 0.4) is 0 Å². The van der Waals surface area contributed by atoms with E-state index in [0.29, 0.717) is 0 Å². The lowest BCUT2D eigenvalue weighted by molar-refractivity contribution is -0.172. The van der Waals surface area contributed by atoms with Crippen LogP contribution in [0.15, 0.2) is 24.3 Å². The topological polar surface area (TPSA) is 21.3 Å². The van der Waals surface area contributed by atoms with Crippen LogP contribution in [0.2, 0.25) is 5.02 Å². The van der Waals surface area contributed by atoms with Gasteiger partial charge in [0.1, 0.15) is 0 Å². The molecular formula is C16H24ClNO. The van der Waals surface area contributed by atoms with Gasteiger partial charge in [0.25, 0.3) is 0 Å². The zero-order valence-electron chi connectivity index (χ0n) is 12.1. The fourth-order valence-electron chi connectivity index (χ4n) is 2.93. The molecule has 0 bridgehead atoms. The number of morpholine rings is 1. The highest BCUT2D eigenvalue weighted by Crippen LogP contribution is 2.32. The Labute approximate surface area is 121 Å². The predicted octanol–water partition coefficient (Wildman–Crippen LogP) is 3.82. The summed E-state index contributed by atoms with van der Waals surface area (Å²) in [6, 6.07) is 8.07. The predicted molar refractivity (Wildman–Crippen MR) is 80.8 cm³/mol. The van der Waals surface area contributed by atoms with Crippen LogP contribution in [-0.4, -0.2) is 24.3 Å². The van der Waals surface area contributed by atoms with Gasteiger partial charge in [0.05, 0.1) is 11.2 Å². The number of rotatable bonds is 4. The number of ether oxygens (including phenoxy) is 1. The summed E-state index contributed by atoms with van der Waals surface area (Å²) in [7, 11) is 0. The van der Waals surface area contributed by atoms with Crippen molar-refractivity contribution in [2.45, 2.75) is 51.2 Å². The van der Waals surface area contributed by atoms with Crippen molar-refractivity contribution >= 4 is 11.6 Å². The minimum Gasteiger partial charge on any atom is -0.366 e. The molecule has 0 amide bonds. The van der Waals surface area contributed by atoms with Crippen LogP contribution in [0.4, 0.5) is 0 Å². The first-order valence-electron chi connectivity index (χ1n) is 7.16. The fraction of sp³-hybridized carbons (Fsp3) is 0.625. The molecular weight excluding hydrogens is 258 g/mol. The molecule has 1 aliphatic heterocycles. The van der Waals surface area contributed by atoms with Gasteiger partial charge in [0.2, 0.25) is 0 Å². The molecule has 2 nitrogen and oxygen atoms in total. The van der Waals surface area contributed by atoms with Gasteiger partial charge in [-0.15, -0.1) is 0 Å². The highest BCUT2D eigenvalue weighted by Gasteiger charge is 2.40. The van der Waals surface area contributed by atoms with E-state index in [-0.39, 0.29) is 11.2 Å². The molecule has 19 heavy (non-hydrogen) atoms. The van der Waals surface area contributed by atoms with Crippen LogP contribution >= 0.6 is 11.6 Å². The van der Waals surface area contributed by atoms with Crippen LogP contribution in [0, 0.1) is 0 Å². The summed E-state index contributed by atoms with van der Waals surface area (Å²) in [6.45, 7) is 8.47. The van der Waals surface area contributed by atoms with E-state index in [1.165, 1.54) is 5.56 Å². The molecule has 0 aromatic heterocycles. The zero-order valence-corrected chi connectivity index (χ0v) is 12.9. The van der Waals surface area contributed by atoms with Crippen molar-refractivity contribution < 1.29 is 4.74 Å². The lowest BCUT2D eigenvalue weighted by atomic mass is 9.88. The van der Waals surface area contributed by atoms with E-state index in [4.69, 9.17) is 16.3 Å². The molecule has 1 aromatic rings. The first kappa shape index (κ1) is 14.8. The van der Waals surface area contributed by atoms with Gasteiger partial charge in [-0.25, -0.2) is 0 Å². The van der Waals surface area contributed by atoms with Crippen LogP contribution in [0.25, 0.3) is 0 Å². The average Bonchev–Trinajstić information content (AvgIpc) is 2.41. The summed E-state index contributed by atoms with van der Waals surface area (Å²) in [5.74, 6) is 0. The zero-order chi connectivity index (χ0) is 13.9. The Morgan fingerprint density at radius 1 is 1.16 bits per heavy atom. The Morgan fingerprint density at radius 2 is 1.79 bits per heavy atom. The SMILES string of the molecule is CCC1(CC)CNCC(C)(Cc2ccc(Cl)cc2)O1. The molecule has 0 spiro atoms. The molecule has 1 N–H and O–H groups in total. The summed E-state index contributed by atoms with van der Waals surface area (Å²) < 4.78 is 6.50. The molecule has 106 valence electrons. The molecule has 1 unspecified atom stereocenters. The Balaban J connectivity index is 2.11. The third-order valence-electron chi connectivity index (χ3n) is 4.19. The van der Waals surface area contributed by atoms with Gasteiger partial charge >= 0.3 is 0 Å². The second-order valence-corrected chi connectivity index (χ2v) is 6.29. The van der Waals surface area contributed by atoms with E-state index < -0.39 is 0 Å². The van der Waals surface area contributed by atoms with Gasteiger partial charge in [-0.1, -0.05) is 37.6 Å². The molecule has 2 rings (SSSR count). The van der Waals surface area contributed by atoms with Gasteiger partial charge in [-0.3, -0.25) is 0 Å². The maximum Gasteiger partial charge on any atom is 0.0826 e. The number of hydrogen-bond donors (Lipinski definition) is 1. The van der Waals surface area contributed by atoms with Crippen molar-refractivity contribution in [1.82, 2.24) is 5.32 Å². The Kier molecular flexibility index (Phi) is 4.54. The maximum absolute atomic E-state index is 6.50. The van der Waals surface area contributed by atoms with E-state index in [0.717, 1.165) is 37.4 Å². The molecule has 1 atom stereocenters. The molecule has 0 saturated carbocycles. The Morgan fingerprint density at radius 3 is 2.37 bits per heavy atom. The van der Waals surface area contributed by atoms with Gasteiger partial charge in [-0.2, -0.15) is 0 Å². The van der Waals surface area contributed by atoms with Gasteiger partial charge in [-0.05, 0) is 37.5 Å². The lowest BCUT2D eigenvalue weighted by Crippen LogP contribution is -2.59. The Hall–Kier alpha value is -0.570. The van der Waals surface area contributed by atoms with Crippen molar-refractivity contribution in [1.29, 1.82) is 0 Å². The second kappa shape index (κ2) is 5.82. The van der Waals surface area contributed by atoms with Crippen LogP contribution in [-0.2, 0) is 11.2 Å². The van der Waals surface area contributed by atoms with Crippen molar-refractivity contribution in [3.05, 3.63) is 34.9 Å². The summed E-state index contributed by atoms with van der Waals surface area (Å²) >= 11 is 5.94. The van der Waals surface area contributed by atoms with Crippen molar-refractivity contribution in [3.63, 3.8) is 0 Å². The molecule has 1 heterocycles. The van der Waals surface area contributed by atoms with Crippen molar-refractivity contribution in [3.8, 4) is 0 Å². The minimum absolute atomic E-state index is 0.0145. The molecule has 1 aliphatic rings. The van der Waals surface area contributed by atoms with Gasteiger partial charge < -0.3 is 10.1 Å². The fourth-order valence-corrected chi connectivity index (χ4v) is 3.05. The highest BCUT2D eigenvalue weighted by atomic mass is 35.5. The van der Waals surface area contributed by atoms with Crippen LogP contribution < -0.4 is 5.32 Å². The molecule has 0 aliphatic carbocycles. The summed E-state index contributed by atoms with van der Waals surface area (Å²) in [5, 5.41) is 4.33. The van der Waals surface area contributed by atoms with E-state index in [2.05, 4.69) is 38.2 Å². The number of benzene rings is 1. The highest BCUT2D eigenvalue weighted by molar-refractivity contribution is 6.30. The number of halogens is 1. The maximum atomic E-state index is 6.50. The minimum atomic E-state index is -0.141. The standard InChI is InChI=1S/C16H24ClNO/c1-4-16(5-2)12-18-11-15(3,19-16)10-13-6-8-14(17)9-7-13/h6-9,18H,4-5,10-12H2,1-3H3. The second-order valence-electron chi connectivity index (χ2n) is 5.85. The first-order chi connectivity index (χ1) is 9.01.